The average Bonchev–Trinajstić information content (AvgIpc) is 1.97. The second-order valence-electron chi connectivity index (χ2n) is 3.48. The van der Waals surface area contributed by atoms with E-state index in [0.717, 1.165) is 12.5 Å². The fourth-order valence-corrected chi connectivity index (χ4v) is 1.71. The SMILES string of the molecule is Cc1cc(S)c(CC(C)(F)F)cc1Cl. The van der Waals surface area contributed by atoms with Crippen molar-refractivity contribution in [2.24, 2.45) is 0 Å². The third-order valence-electron chi connectivity index (χ3n) is 1.86. The lowest BCUT2D eigenvalue weighted by molar-refractivity contribution is 0.0220. The molecule has 0 spiro atoms. The van der Waals surface area contributed by atoms with Crippen LogP contribution in [0, 0.1) is 6.92 Å². The largest absolute Gasteiger partial charge is 0.249 e. The van der Waals surface area contributed by atoms with E-state index < -0.39 is 5.92 Å². The Morgan fingerprint density at radius 3 is 2.50 bits per heavy atom. The van der Waals surface area contributed by atoms with Crippen molar-refractivity contribution < 1.29 is 8.78 Å². The number of aryl methyl sites for hydroxylation is 1. The summed E-state index contributed by atoms with van der Waals surface area (Å²) in [6.45, 7) is 2.70. The van der Waals surface area contributed by atoms with Crippen LogP contribution in [0.3, 0.4) is 0 Å². The third kappa shape index (κ3) is 3.14. The molecule has 14 heavy (non-hydrogen) atoms. The van der Waals surface area contributed by atoms with Gasteiger partial charge in [0.25, 0.3) is 0 Å². The zero-order valence-electron chi connectivity index (χ0n) is 7.94. The molecular formula is C10H11ClF2S. The summed E-state index contributed by atoms with van der Waals surface area (Å²) in [5, 5.41) is 0.502. The van der Waals surface area contributed by atoms with Crippen LogP contribution in [0.25, 0.3) is 0 Å². The first-order chi connectivity index (χ1) is 6.29. The summed E-state index contributed by atoms with van der Waals surface area (Å²) in [4.78, 5) is 0.563. The van der Waals surface area contributed by atoms with Crippen molar-refractivity contribution >= 4 is 24.2 Å². The van der Waals surface area contributed by atoms with Crippen molar-refractivity contribution in [2.45, 2.75) is 31.1 Å². The maximum Gasteiger partial charge on any atom is 0.249 e. The molecule has 4 heteroatoms. The van der Waals surface area contributed by atoms with E-state index in [4.69, 9.17) is 11.6 Å². The van der Waals surface area contributed by atoms with E-state index in [1.54, 1.807) is 12.1 Å². The molecule has 0 atom stereocenters. The van der Waals surface area contributed by atoms with Crippen molar-refractivity contribution in [3.05, 3.63) is 28.3 Å². The standard InChI is InChI=1S/C10H11ClF2S/c1-6-3-9(14)7(4-8(6)11)5-10(2,12)13/h3-4,14H,5H2,1-2H3. The monoisotopic (exact) mass is 236 g/mol. The quantitative estimate of drug-likeness (QED) is 0.734. The van der Waals surface area contributed by atoms with Gasteiger partial charge in [-0.25, -0.2) is 8.78 Å². The second kappa shape index (κ2) is 4.07. The van der Waals surface area contributed by atoms with E-state index in [1.165, 1.54) is 0 Å². The molecule has 0 radical (unpaired) electrons. The Balaban J connectivity index is 3.04. The van der Waals surface area contributed by atoms with E-state index >= 15 is 0 Å². The molecule has 0 aliphatic carbocycles. The zero-order valence-corrected chi connectivity index (χ0v) is 9.59. The van der Waals surface area contributed by atoms with Crippen LogP contribution in [0.2, 0.25) is 5.02 Å². The van der Waals surface area contributed by atoms with Crippen LogP contribution in [0.5, 0.6) is 0 Å². The van der Waals surface area contributed by atoms with Crippen LogP contribution in [0.15, 0.2) is 17.0 Å². The number of thiol groups is 1. The number of hydrogen-bond donors (Lipinski definition) is 1. The van der Waals surface area contributed by atoms with Gasteiger partial charge in [-0.1, -0.05) is 11.6 Å². The third-order valence-corrected chi connectivity index (χ3v) is 2.68. The van der Waals surface area contributed by atoms with Crippen LogP contribution >= 0.6 is 24.2 Å². The highest BCUT2D eigenvalue weighted by Crippen LogP contribution is 2.28. The van der Waals surface area contributed by atoms with Gasteiger partial charge in [-0.2, -0.15) is 0 Å². The topological polar surface area (TPSA) is 0 Å². The van der Waals surface area contributed by atoms with Gasteiger partial charge in [0, 0.05) is 16.3 Å². The van der Waals surface area contributed by atoms with E-state index in [1.807, 2.05) is 6.92 Å². The van der Waals surface area contributed by atoms with Crippen molar-refractivity contribution in [3.63, 3.8) is 0 Å². The smallest absolute Gasteiger partial charge is 0.207 e. The summed E-state index contributed by atoms with van der Waals surface area (Å²) in [6, 6.07) is 3.25. The minimum atomic E-state index is -2.73. The Hall–Kier alpha value is -0.280. The predicted octanol–water partition coefficient (Wildman–Crippen LogP) is 4.13. The highest BCUT2D eigenvalue weighted by molar-refractivity contribution is 7.80. The molecule has 0 saturated carbocycles. The lowest BCUT2D eigenvalue weighted by Crippen LogP contribution is -2.14. The van der Waals surface area contributed by atoms with Gasteiger partial charge in [-0.05, 0) is 37.1 Å². The first kappa shape index (κ1) is 11.8. The van der Waals surface area contributed by atoms with E-state index in [2.05, 4.69) is 12.6 Å². The first-order valence-electron chi connectivity index (χ1n) is 4.15. The van der Waals surface area contributed by atoms with Gasteiger partial charge in [0.15, 0.2) is 0 Å². The Kier molecular flexibility index (Phi) is 3.43. The molecule has 1 rings (SSSR count). The molecule has 1 aromatic carbocycles. The van der Waals surface area contributed by atoms with Crippen molar-refractivity contribution in [1.29, 1.82) is 0 Å². The molecule has 0 N–H and O–H groups in total. The maximum absolute atomic E-state index is 12.7. The number of rotatable bonds is 2. The van der Waals surface area contributed by atoms with Crippen molar-refractivity contribution in [2.75, 3.05) is 0 Å². The zero-order chi connectivity index (χ0) is 10.9. The highest BCUT2D eigenvalue weighted by atomic mass is 35.5. The molecule has 0 amide bonds. The minimum absolute atomic E-state index is 0.328. The van der Waals surface area contributed by atoms with Crippen molar-refractivity contribution in [3.8, 4) is 0 Å². The van der Waals surface area contributed by atoms with Crippen molar-refractivity contribution in [1.82, 2.24) is 0 Å². The lowest BCUT2D eigenvalue weighted by atomic mass is 10.1. The molecular weight excluding hydrogens is 226 g/mol. The molecule has 0 fully saturated rings. The summed E-state index contributed by atoms with van der Waals surface area (Å²) < 4.78 is 25.5. The fraction of sp³-hybridized carbons (Fsp3) is 0.400. The molecule has 78 valence electrons. The molecule has 0 aromatic heterocycles. The predicted molar refractivity (Wildman–Crippen MR) is 57.8 cm³/mol. The van der Waals surface area contributed by atoms with Gasteiger partial charge in [0.1, 0.15) is 0 Å². The van der Waals surface area contributed by atoms with Gasteiger partial charge >= 0.3 is 0 Å². The van der Waals surface area contributed by atoms with Gasteiger partial charge in [-0.15, -0.1) is 12.6 Å². The van der Waals surface area contributed by atoms with E-state index in [-0.39, 0.29) is 6.42 Å². The molecule has 0 heterocycles. The lowest BCUT2D eigenvalue weighted by Gasteiger charge is -2.13. The van der Waals surface area contributed by atoms with Crippen LogP contribution in [0.1, 0.15) is 18.1 Å². The molecule has 0 aliphatic rings. The van der Waals surface area contributed by atoms with E-state index in [0.29, 0.717) is 15.5 Å². The number of halogens is 3. The molecule has 1 aromatic rings. The van der Waals surface area contributed by atoms with Crippen LogP contribution in [-0.4, -0.2) is 5.92 Å². The Labute approximate surface area is 92.7 Å². The Morgan fingerprint density at radius 1 is 1.43 bits per heavy atom. The average molecular weight is 237 g/mol. The highest BCUT2D eigenvalue weighted by Gasteiger charge is 2.23. The minimum Gasteiger partial charge on any atom is -0.207 e. The molecule has 0 bridgehead atoms. The maximum atomic E-state index is 12.7. The summed E-state index contributed by atoms with van der Waals surface area (Å²) in [5.41, 5.74) is 1.33. The van der Waals surface area contributed by atoms with Crippen LogP contribution < -0.4 is 0 Å². The summed E-state index contributed by atoms with van der Waals surface area (Å²) >= 11 is 9.97. The van der Waals surface area contributed by atoms with Gasteiger partial charge in [-0.3, -0.25) is 0 Å². The number of benzene rings is 1. The van der Waals surface area contributed by atoms with Gasteiger partial charge in [0.05, 0.1) is 0 Å². The summed E-state index contributed by atoms with van der Waals surface area (Å²) in [6.07, 6.45) is -0.328. The fourth-order valence-electron chi connectivity index (χ4n) is 1.18. The molecule has 0 nitrogen and oxygen atoms in total. The Bertz CT molecular complexity index is 345. The van der Waals surface area contributed by atoms with E-state index in [9.17, 15) is 8.78 Å². The number of hydrogen-bond acceptors (Lipinski definition) is 1. The molecule has 0 aliphatic heterocycles. The number of alkyl halides is 2. The molecule has 0 unspecified atom stereocenters. The van der Waals surface area contributed by atoms with Gasteiger partial charge < -0.3 is 0 Å². The molecule has 0 saturated heterocycles. The van der Waals surface area contributed by atoms with Crippen LogP contribution in [-0.2, 0) is 6.42 Å². The van der Waals surface area contributed by atoms with Crippen LogP contribution in [0.4, 0.5) is 8.78 Å². The normalized spacial score (nSPS) is 11.9. The summed E-state index contributed by atoms with van der Waals surface area (Å²) in [5.74, 6) is -2.73. The second-order valence-corrected chi connectivity index (χ2v) is 4.37. The Morgan fingerprint density at radius 2 is 2.00 bits per heavy atom. The summed E-state index contributed by atoms with van der Waals surface area (Å²) in [7, 11) is 0. The van der Waals surface area contributed by atoms with Gasteiger partial charge in [0.2, 0.25) is 5.92 Å². The first-order valence-corrected chi connectivity index (χ1v) is 4.98.